The van der Waals surface area contributed by atoms with Crippen LogP contribution in [0.3, 0.4) is 0 Å². The maximum Gasteiger partial charge on any atom is 0.328 e. The number of nitrogens with zero attached hydrogens (tertiary/aromatic N) is 3. The molecule has 0 aliphatic heterocycles. The van der Waals surface area contributed by atoms with Crippen LogP contribution in [-0.2, 0) is 22.7 Å². The van der Waals surface area contributed by atoms with Gasteiger partial charge >= 0.3 is 5.97 Å². The summed E-state index contributed by atoms with van der Waals surface area (Å²) in [5, 5.41) is 5.71. The van der Waals surface area contributed by atoms with Gasteiger partial charge in [-0.15, -0.1) is 16.4 Å². The fourth-order valence-corrected chi connectivity index (χ4v) is 2.52. The predicted octanol–water partition coefficient (Wildman–Crippen LogP) is 1.43. The molecule has 0 amide bonds. The number of rotatable bonds is 4. The molecule has 0 aliphatic carbocycles. The predicted molar refractivity (Wildman–Crippen MR) is 66.2 cm³/mol. The molecular formula is C9H9BrN4O2S. The zero-order chi connectivity index (χ0) is 12.3. The average Bonchev–Trinajstić information content (AvgIpc) is 2.85. The highest BCUT2D eigenvalue weighted by molar-refractivity contribution is 9.10. The highest BCUT2D eigenvalue weighted by Gasteiger charge is 2.08. The third-order valence-electron chi connectivity index (χ3n) is 1.90. The average molecular weight is 317 g/mol. The van der Waals surface area contributed by atoms with E-state index < -0.39 is 0 Å². The Morgan fingerprint density at radius 2 is 2.47 bits per heavy atom. The normalized spacial score (nSPS) is 10.4. The molecule has 0 aromatic carbocycles. The van der Waals surface area contributed by atoms with Gasteiger partial charge in [0.05, 0.1) is 4.88 Å². The number of esters is 1. The van der Waals surface area contributed by atoms with Crippen molar-refractivity contribution in [2.24, 2.45) is 0 Å². The van der Waals surface area contributed by atoms with Gasteiger partial charge in [-0.2, -0.15) is 0 Å². The van der Waals surface area contributed by atoms with E-state index in [0.29, 0.717) is 0 Å². The Morgan fingerprint density at radius 3 is 3.06 bits per heavy atom. The van der Waals surface area contributed by atoms with E-state index in [1.54, 1.807) is 0 Å². The number of nitrogen functional groups attached to an aromatic ring is 1. The molecule has 90 valence electrons. The minimum Gasteiger partial charge on any atom is -0.459 e. The first-order valence-electron chi connectivity index (χ1n) is 4.67. The molecule has 0 unspecified atom stereocenters. The van der Waals surface area contributed by atoms with Crippen LogP contribution < -0.4 is 5.73 Å². The van der Waals surface area contributed by atoms with Crippen molar-refractivity contribution in [3.8, 4) is 0 Å². The minimum atomic E-state index is -0.379. The number of nitrogens with two attached hydrogens (primary N) is 1. The second-order valence-electron chi connectivity index (χ2n) is 3.15. The fraction of sp³-hybridized carbons (Fsp3) is 0.222. The summed E-state index contributed by atoms with van der Waals surface area (Å²) >= 11 is 4.88. The number of hydrogen-bond acceptors (Lipinski definition) is 6. The summed E-state index contributed by atoms with van der Waals surface area (Å²) in [6, 6.07) is 1.91. The first kappa shape index (κ1) is 12.1. The molecule has 0 atom stereocenters. The van der Waals surface area contributed by atoms with Crippen LogP contribution in [0.25, 0.3) is 0 Å². The first-order chi connectivity index (χ1) is 8.15. The van der Waals surface area contributed by atoms with E-state index in [9.17, 15) is 4.79 Å². The summed E-state index contributed by atoms with van der Waals surface area (Å²) in [6.07, 6.45) is 1.39. The van der Waals surface area contributed by atoms with E-state index in [1.807, 2.05) is 11.4 Å². The Labute approximate surface area is 110 Å². The summed E-state index contributed by atoms with van der Waals surface area (Å²) in [6.45, 7) is 0.258. The quantitative estimate of drug-likeness (QED) is 0.863. The molecule has 17 heavy (non-hydrogen) atoms. The molecule has 0 bridgehead atoms. The number of hydrogen-bond donors (Lipinski definition) is 1. The molecule has 2 N–H and O–H groups in total. The lowest BCUT2D eigenvalue weighted by atomic mass is 10.5. The molecule has 0 spiro atoms. The van der Waals surface area contributed by atoms with Crippen molar-refractivity contribution >= 4 is 39.2 Å². The van der Waals surface area contributed by atoms with Gasteiger partial charge in [0.25, 0.3) is 0 Å². The summed E-state index contributed by atoms with van der Waals surface area (Å²) < 4.78 is 7.37. The zero-order valence-electron chi connectivity index (χ0n) is 8.67. The van der Waals surface area contributed by atoms with Crippen LogP contribution in [0.15, 0.2) is 22.2 Å². The molecule has 0 aliphatic rings. The Kier molecular flexibility index (Phi) is 3.75. The van der Waals surface area contributed by atoms with Crippen molar-refractivity contribution in [2.45, 2.75) is 13.2 Å². The zero-order valence-corrected chi connectivity index (χ0v) is 11.1. The molecule has 0 radical (unpaired) electrons. The van der Waals surface area contributed by atoms with Crippen LogP contribution in [0.4, 0.5) is 5.95 Å². The number of halogens is 1. The van der Waals surface area contributed by atoms with E-state index in [2.05, 4.69) is 26.0 Å². The molecular weight excluding hydrogens is 308 g/mol. The number of aromatic nitrogens is 3. The molecule has 0 saturated carbocycles. The lowest BCUT2D eigenvalue weighted by Crippen LogP contribution is -2.13. The Morgan fingerprint density at radius 1 is 1.65 bits per heavy atom. The van der Waals surface area contributed by atoms with Crippen LogP contribution in [0.1, 0.15) is 4.88 Å². The first-order valence-corrected chi connectivity index (χ1v) is 6.35. The number of ether oxygens (including phenoxy) is 1. The molecule has 2 rings (SSSR count). The number of carbonyl (C=O) groups excluding carboxylic acids is 1. The highest BCUT2D eigenvalue weighted by atomic mass is 79.9. The van der Waals surface area contributed by atoms with E-state index in [0.717, 1.165) is 9.35 Å². The van der Waals surface area contributed by atoms with Crippen molar-refractivity contribution in [3.63, 3.8) is 0 Å². The van der Waals surface area contributed by atoms with Crippen LogP contribution in [0, 0.1) is 0 Å². The van der Waals surface area contributed by atoms with Crippen molar-refractivity contribution in [1.29, 1.82) is 0 Å². The van der Waals surface area contributed by atoms with Gasteiger partial charge in [0.15, 0.2) is 0 Å². The summed E-state index contributed by atoms with van der Waals surface area (Å²) in [4.78, 5) is 16.1. The Balaban J connectivity index is 1.84. The van der Waals surface area contributed by atoms with Gasteiger partial charge in [-0.25, -0.2) is 9.67 Å². The van der Waals surface area contributed by atoms with Crippen molar-refractivity contribution < 1.29 is 9.53 Å². The largest absolute Gasteiger partial charge is 0.459 e. The molecule has 0 fully saturated rings. The lowest BCUT2D eigenvalue weighted by Gasteiger charge is -2.03. The monoisotopic (exact) mass is 316 g/mol. The maximum atomic E-state index is 11.5. The summed E-state index contributed by atoms with van der Waals surface area (Å²) in [7, 11) is 0. The minimum absolute atomic E-state index is 0.00714. The standard InChI is InChI=1S/C9H9BrN4O2S/c10-6-1-2-17-7(6)4-16-8(15)3-14-5-12-9(11)13-14/h1-2,5H,3-4H2,(H2,11,13). The SMILES string of the molecule is Nc1ncn(CC(=O)OCc2sccc2Br)n1. The lowest BCUT2D eigenvalue weighted by molar-refractivity contribution is -0.145. The number of carbonyl (C=O) groups is 1. The Bertz CT molecular complexity index is 525. The van der Waals surface area contributed by atoms with Gasteiger partial charge in [-0.1, -0.05) is 0 Å². The molecule has 2 aromatic rings. The van der Waals surface area contributed by atoms with Crippen molar-refractivity contribution in [3.05, 3.63) is 27.1 Å². The van der Waals surface area contributed by atoms with Gasteiger partial charge in [-0.05, 0) is 27.4 Å². The third kappa shape index (κ3) is 3.27. The molecule has 2 heterocycles. The summed E-state index contributed by atoms with van der Waals surface area (Å²) in [5.41, 5.74) is 5.33. The topological polar surface area (TPSA) is 83.0 Å². The number of anilines is 1. The van der Waals surface area contributed by atoms with Crippen LogP contribution >= 0.6 is 27.3 Å². The molecule has 8 heteroatoms. The molecule has 6 nitrogen and oxygen atoms in total. The van der Waals surface area contributed by atoms with Gasteiger partial charge < -0.3 is 10.5 Å². The third-order valence-corrected chi connectivity index (χ3v) is 3.80. The van der Waals surface area contributed by atoms with Gasteiger partial charge in [0, 0.05) is 4.47 Å². The second-order valence-corrected chi connectivity index (χ2v) is 5.01. The number of thiophene rings is 1. The van der Waals surface area contributed by atoms with Crippen molar-refractivity contribution in [1.82, 2.24) is 14.8 Å². The highest BCUT2D eigenvalue weighted by Crippen LogP contribution is 2.23. The van der Waals surface area contributed by atoms with E-state index in [4.69, 9.17) is 10.5 Å². The van der Waals surface area contributed by atoms with Crippen LogP contribution in [-0.4, -0.2) is 20.7 Å². The summed E-state index contributed by atoms with van der Waals surface area (Å²) in [5.74, 6) is -0.242. The Hall–Kier alpha value is -1.41. The second kappa shape index (κ2) is 5.28. The van der Waals surface area contributed by atoms with Crippen LogP contribution in [0.5, 0.6) is 0 Å². The van der Waals surface area contributed by atoms with E-state index in [1.165, 1.54) is 22.3 Å². The van der Waals surface area contributed by atoms with Gasteiger partial charge in [-0.3, -0.25) is 4.79 Å². The molecule has 0 saturated heterocycles. The maximum absolute atomic E-state index is 11.5. The van der Waals surface area contributed by atoms with E-state index in [-0.39, 0.29) is 25.1 Å². The van der Waals surface area contributed by atoms with Gasteiger partial charge in [0.1, 0.15) is 19.5 Å². The van der Waals surface area contributed by atoms with Crippen LogP contribution in [0.2, 0.25) is 0 Å². The van der Waals surface area contributed by atoms with E-state index >= 15 is 0 Å². The fourth-order valence-electron chi connectivity index (χ4n) is 1.14. The smallest absolute Gasteiger partial charge is 0.328 e. The van der Waals surface area contributed by atoms with Gasteiger partial charge in [0.2, 0.25) is 5.95 Å². The van der Waals surface area contributed by atoms with Crippen molar-refractivity contribution in [2.75, 3.05) is 5.73 Å². The molecule has 2 aromatic heterocycles.